The molecule has 138 valence electrons. The van der Waals surface area contributed by atoms with E-state index in [0.717, 1.165) is 11.3 Å². The first-order valence-electron chi connectivity index (χ1n) is 9.02. The number of pyridine rings is 1. The molecule has 2 aromatic rings. The fraction of sp³-hybridized carbons (Fsp3) is 0.429. The summed E-state index contributed by atoms with van der Waals surface area (Å²) < 4.78 is 14.8. The van der Waals surface area contributed by atoms with Crippen molar-refractivity contribution in [3.05, 3.63) is 69.9 Å². The van der Waals surface area contributed by atoms with Gasteiger partial charge in [0.2, 0.25) is 5.91 Å². The molecule has 26 heavy (non-hydrogen) atoms. The third-order valence-electron chi connectivity index (χ3n) is 5.46. The lowest BCUT2D eigenvalue weighted by Gasteiger charge is -2.10. The number of halogens is 1. The number of carbonyl (C=O) groups excluding carboxylic acids is 1. The van der Waals surface area contributed by atoms with Gasteiger partial charge in [-0.3, -0.25) is 9.59 Å². The largest absolute Gasteiger partial charge is 0.356 e. The second-order valence-electron chi connectivity index (χ2n) is 7.63. The van der Waals surface area contributed by atoms with Crippen molar-refractivity contribution in [3.63, 3.8) is 0 Å². The van der Waals surface area contributed by atoms with Crippen molar-refractivity contribution in [2.45, 2.75) is 39.7 Å². The molecule has 1 aromatic carbocycles. The van der Waals surface area contributed by atoms with Crippen LogP contribution in [0.3, 0.4) is 0 Å². The summed E-state index contributed by atoms with van der Waals surface area (Å²) in [5, 5.41) is 2.99. The van der Waals surface area contributed by atoms with Crippen LogP contribution in [0.2, 0.25) is 0 Å². The normalized spacial score (nSPS) is 20.6. The quantitative estimate of drug-likeness (QED) is 0.808. The monoisotopic (exact) mass is 356 g/mol. The average molecular weight is 356 g/mol. The summed E-state index contributed by atoms with van der Waals surface area (Å²) >= 11 is 0. The SMILES string of the molecule is Cc1cccc(=O)n1CCCNC(=O)C1C(c2ccc(F)cc2)C1(C)C. The molecule has 0 radical (unpaired) electrons. The van der Waals surface area contributed by atoms with Crippen molar-refractivity contribution in [2.75, 3.05) is 6.54 Å². The molecule has 1 heterocycles. The number of amides is 1. The van der Waals surface area contributed by atoms with Crippen LogP contribution >= 0.6 is 0 Å². The van der Waals surface area contributed by atoms with Gasteiger partial charge in [0.05, 0.1) is 5.92 Å². The Hall–Kier alpha value is -2.43. The van der Waals surface area contributed by atoms with E-state index in [1.165, 1.54) is 12.1 Å². The van der Waals surface area contributed by atoms with Crippen LogP contribution in [0.1, 0.15) is 37.4 Å². The van der Waals surface area contributed by atoms with Gasteiger partial charge < -0.3 is 9.88 Å². The molecule has 1 N–H and O–H groups in total. The molecular formula is C21H25FN2O2. The first kappa shape index (κ1) is 18.4. The Balaban J connectivity index is 1.54. The third kappa shape index (κ3) is 3.57. The molecule has 1 aliphatic rings. The van der Waals surface area contributed by atoms with Crippen LogP contribution in [0, 0.1) is 24.1 Å². The van der Waals surface area contributed by atoms with Crippen LogP contribution in [0.5, 0.6) is 0 Å². The zero-order chi connectivity index (χ0) is 18.9. The zero-order valence-electron chi connectivity index (χ0n) is 15.5. The molecule has 2 unspecified atom stereocenters. The predicted molar refractivity (Wildman–Crippen MR) is 99.5 cm³/mol. The molecule has 1 saturated carbocycles. The second-order valence-corrected chi connectivity index (χ2v) is 7.63. The second kappa shape index (κ2) is 7.06. The summed E-state index contributed by atoms with van der Waals surface area (Å²) in [5.74, 6) is -0.225. The van der Waals surface area contributed by atoms with Crippen molar-refractivity contribution < 1.29 is 9.18 Å². The van der Waals surface area contributed by atoms with E-state index < -0.39 is 0 Å². The molecule has 1 aromatic heterocycles. The highest BCUT2D eigenvalue weighted by Gasteiger charge is 2.62. The van der Waals surface area contributed by atoms with Gasteiger partial charge in [-0.05, 0) is 42.5 Å². The van der Waals surface area contributed by atoms with Gasteiger partial charge in [0, 0.05) is 30.8 Å². The van der Waals surface area contributed by atoms with Crippen molar-refractivity contribution in [3.8, 4) is 0 Å². The molecule has 0 aliphatic heterocycles. The van der Waals surface area contributed by atoms with Crippen molar-refractivity contribution in [1.29, 1.82) is 0 Å². The van der Waals surface area contributed by atoms with E-state index in [0.29, 0.717) is 19.5 Å². The van der Waals surface area contributed by atoms with Crippen LogP contribution in [0.15, 0.2) is 47.3 Å². The van der Waals surface area contributed by atoms with Gasteiger partial charge in [-0.15, -0.1) is 0 Å². The molecule has 2 atom stereocenters. The number of aryl methyl sites for hydroxylation is 1. The van der Waals surface area contributed by atoms with Gasteiger partial charge in [0.25, 0.3) is 5.56 Å². The lowest BCUT2D eigenvalue weighted by molar-refractivity contribution is -0.123. The van der Waals surface area contributed by atoms with Crippen molar-refractivity contribution in [2.24, 2.45) is 11.3 Å². The fourth-order valence-electron chi connectivity index (χ4n) is 3.89. The molecule has 3 rings (SSSR count). The summed E-state index contributed by atoms with van der Waals surface area (Å²) in [6.45, 7) is 7.15. The summed E-state index contributed by atoms with van der Waals surface area (Å²) in [6, 6.07) is 11.6. The van der Waals surface area contributed by atoms with E-state index in [9.17, 15) is 14.0 Å². The number of benzene rings is 1. The molecule has 4 nitrogen and oxygen atoms in total. The number of nitrogens with zero attached hydrogens (tertiary/aromatic N) is 1. The Kier molecular flexibility index (Phi) is 4.99. The number of rotatable bonds is 6. The van der Waals surface area contributed by atoms with Crippen molar-refractivity contribution in [1.82, 2.24) is 9.88 Å². The Morgan fingerprint density at radius 1 is 1.19 bits per heavy atom. The van der Waals surface area contributed by atoms with Crippen LogP contribution in [0.4, 0.5) is 4.39 Å². The lowest BCUT2D eigenvalue weighted by Crippen LogP contribution is -2.29. The number of carbonyl (C=O) groups is 1. The minimum atomic E-state index is -0.264. The zero-order valence-corrected chi connectivity index (χ0v) is 15.5. The first-order valence-corrected chi connectivity index (χ1v) is 9.02. The summed E-state index contributed by atoms with van der Waals surface area (Å²) in [4.78, 5) is 24.4. The Morgan fingerprint density at radius 2 is 1.88 bits per heavy atom. The van der Waals surface area contributed by atoms with E-state index in [-0.39, 0.29) is 34.5 Å². The fourth-order valence-corrected chi connectivity index (χ4v) is 3.89. The number of aromatic nitrogens is 1. The number of hydrogen-bond acceptors (Lipinski definition) is 2. The highest BCUT2D eigenvalue weighted by atomic mass is 19.1. The average Bonchev–Trinajstić information content (AvgIpc) is 3.16. The standard InChI is InChI=1S/C21H25FN2O2/c1-14-6-4-7-17(25)24(14)13-5-12-23-20(26)19-18(21(19,2)3)15-8-10-16(22)11-9-15/h4,6-11,18-19H,5,12-13H2,1-3H3,(H,23,26). The minimum Gasteiger partial charge on any atom is -0.356 e. The summed E-state index contributed by atoms with van der Waals surface area (Å²) in [7, 11) is 0. The van der Waals surface area contributed by atoms with Gasteiger partial charge in [-0.2, -0.15) is 0 Å². The number of nitrogens with one attached hydrogen (secondary N) is 1. The van der Waals surface area contributed by atoms with Crippen LogP contribution in [0.25, 0.3) is 0 Å². The topological polar surface area (TPSA) is 51.1 Å². The Labute approximate surface area is 153 Å². The van der Waals surface area contributed by atoms with E-state index in [2.05, 4.69) is 19.2 Å². The summed E-state index contributed by atoms with van der Waals surface area (Å²) in [5.41, 5.74) is 1.78. The predicted octanol–water partition coefficient (Wildman–Crippen LogP) is 3.24. The van der Waals surface area contributed by atoms with Gasteiger partial charge in [0.1, 0.15) is 5.82 Å². The van der Waals surface area contributed by atoms with E-state index in [1.54, 1.807) is 28.8 Å². The van der Waals surface area contributed by atoms with Gasteiger partial charge in [-0.1, -0.05) is 32.0 Å². The number of hydrogen-bond donors (Lipinski definition) is 1. The van der Waals surface area contributed by atoms with E-state index in [4.69, 9.17) is 0 Å². The van der Waals surface area contributed by atoms with Crippen LogP contribution in [-0.2, 0) is 11.3 Å². The smallest absolute Gasteiger partial charge is 0.250 e. The van der Waals surface area contributed by atoms with Gasteiger partial charge >= 0.3 is 0 Å². The maximum atomic E-state index is 13.1. The van der Waals surface area contributed by atoms with Crippen molar-refractivity contribution >= 4 is 5.91 Å². The molecule has 1 aliphatic carbocycles. The van der Waals surface area contributed by atoms with Crippen LogP contribution in [-0.4, -0.2) is 17.0 Å². The maximum Gasteiger partial charge on any atom is 0.250 e. The third-order valence-corrected chi connectivity index (χ3v) is 5.46. The van der Waals surface area contributed by atoms with Gasteiger partial charge in [-0.25, -0.2) is 4.39 Å². The molecule has 0 saturated heterocycles. The van der Waals surface area contributed by atoms with E-state index >= 15 is 0 Å². The Morgan fingerprint density at radius 3 is 2.54 bits per heavy atom. The minimum absolute atomic E-state index is 0.0176. The van der Waals surface area contributed by atoms with Gasteiger partial charge in [0.15, 0.2) is 0 Å². The molecule has 1 amide bonds. The van der Waals surface area contributed by atoms with E-state index in [1.807, 2.05) is 13.0 Å². The maximum absolute atomic E-state index is 13.1. The highest BCUT2D eigenvalue weighted by Crippen LogP contribution is 2.64. The molecule has 0 bridgehead atoms. The molecule has 1 fully saturated rings. The lowest BCUT2D eigenvalue weighted by atomic mass is 10.0. The summed E-state index contributed by atoms with van der Waals surface area (Å²) in [6.07, 6.45) is 0.699. The Bertz CT molecular complexity index is 855. The first-order chi connectivity index (χ1) is 12.3. The molecule has 5 heteroatoms. The molecule has 0 spiro atoms. The van der Waals surface area contributed by atoms with Crippen LogP contribution < -0.4 is 10.9 Å². The highest BCUT2D eigenvalue weighted by molar-refractivity contribution is 5.84. The molecular weight excluding hydrogens is 331 g/mol.